The lowest BCUT2D eigenvalue weighted by atomic mass is 9.77. The number of rotatable bonds is 8. The number of ether oxygens (including phenoxy) is 2. The van der Waals surface area contributed by atoms with Gasteiger partial charge in [0.25, 0.3) is 5.91 Å². The second kappa shape index (κ2) is 13.9. The van der Waals surface area contributed by atoms with Crippen molar-refractivity contribution in [1.29, 1.82) is 0 Å². The molecule has 4 aromatic carbocycles. The van der Waals surface area contributed by atoms with Gasteiger partial charge >= 0.3 is 6.09 Å². The summed E-state index contributed by atoms with van der Waals surface area (Å²) in [4.78, 5) is 28.5. The van der Waals surface area contributed by atoms with Crippen LogP contribution in [0.3, 0.4) is 0 Å². The fourth-order valence-electron chi connectivity index (χ4n) is 7.28. The number of benzene rings is 4. The molecule has 7 rings (SSSR count). The number of methoxy groups -OCH3 is 1. The molecule has 1 aliphatic heterocycles. The Morgan fingerprint density at radius 2 is 1.43 bits per heavy atom. The molecule has 1 aliphatic rings. The van der Waals surface area contributed by atoms with Crippen molar-refractivity contribution in [2.45, 2.75) is 50.9 Å². The molecule has 2 aromatic heterocycles. The molecule has 0 radical (unpaired) electrons. The van der Waals surface area contributed by atoms with E-state index in [1.54, 1.807) is 6.20 Å². The molecule has 2 amide bonds. The summed E-state index contributed by atoms with van der Waals surface area (Å²) in [5.41, 5.74) is 3.69. The van der Waals surface area contributed by atoms with Gasteiger partial charge in [-0.05, 0) is 55.7 Å². The van der Waals surface area contributed by atoms with Crippen LogP contribution < -0.4 is 10.0 Å². The molecule has 0 unspecified atom stereocenters. The van der Waals surface area contributed by atoms with Crippen molar-refractivity contribution in [3.63, 3.8) is 0 Å². The van der Waals surface area contributed by atoms with Gasteiger partial charge in [-0.2, -0.15) is 5.10 Å². The zero-order valence-corrected chi connectivity index (χ0v) is 30.6. The van der Waals surface area contributed by atoms with Crippen molar-refractivity contribution in [3.05, 3.63) is 150 Å². The predicted octanol–water partition coefficient (Wildman–Crippen LogP) is 7.34. The summed E-state index contributed by atoms with van der Waals surface area (Å²) in [6.45, 7) is 7.64. The smallest absolute Gasteiger partial charge is 0.410 e. The third-order valence-electron chi connectivity index (χ3n) is 9.91. The van der Waals surface area contributed by atoms with E-state index in [4.69, 9.17) is 14.6 Å². The van der Waals surface area contributed by atoms with Crippen LogP contribution in [0.1, 0.15) is 49.6 Å². The van der Waals surface area contributed by atoms with Crippen LogP contribution in [0.2, 0.25) is 0 Å². The first-order valence-corrected chi connectivity index (χ1v) is 17.7. The van der Waals surface area contributed by atoms with Crippen molar-refractivity contribution >= 4 is 28.6 Å². The summed E-state index contributed by atoms with van der Waals surface area (Å²) >= 11 is 0. The Kier molecular flexibility index (Phi) is 9.25. The summed E-state index contributed by atoms with van der Waals surface area (Å²) in [6, 6.07) is 40.5. The van der Waals surface area contributed by atoms with Crippen LogP contribution in [0.4, 0.5) is 10.5 Å². The molecule has 1 saturated heterocycles. The lowest BCUT2D eigenvalue weighted by Crippen LogP contribution is -2.48. The Hall–Kier alpha value is -6.00. The van der Waals surface area contributed by atoms with E-state index in [1.807, 2.05) is 113 Å². The molecule has 0 spiro atoms. The minimum Gasteiger partial charge on any atom is -0.444 e. The number of hydrogen-bond donors (Lipinski definition) is 2. The Labute approximate surface area is 309 Å². The van der Waals surface area contributed by atoms with Crippen molar-refractivity contribution in [2.75, 3.05) is 25.5 Å². The number of pyridine rings is 1. The van der Waals surface area contributed by atoms with Gasteiger partial charge in [0.2, 0.25) is 11.9 Å². The first-order valence-electron chi connectivity index (χ1n) is 17.7. The number of hydrogen-bond acceptors (Lipinski definition) is 6. The second-order valence-corrected chi connectivity index (χ2v) is 14.5. The van der Waals surface area contributed by atoms with Crippen LogP contribution in [0.25, 0.3) is 22.2 Å². The highest BCUT2D eigenvalue weighted by molar-refractivity contribution is 6.02. The van der Waals surface area contributed by atoms with E-state index in [0.29, 0.717) is 30.0 Å². The van der Waals surface area contributed by atoms with Crippen LogP contribution in [-0.4, -0.2) is 63.3 Å². The molecule has 1 atom stereocenters. The normalized spacial score (nSPS) is 16.1. The first-order chi connectivity index (χ1) is 25.4. The number of nitrogens with one attached hydrogen (secondary N) is 1. The molecule has 53 heavy (non-hydrogen) atoms. The lowest BCUT2D eigenvalue weighted by molar-refractivity contribution is -0.908. The van der Waals surface area contributed by atoms with E-state index in [9.17, 15) is 14.8 Å². The molecule has 270 valence electrons. The molecular formula is C43H44N5O5+. The molecule has 0 saturated carbocycles. The Balaban J connectivity index is 1.40. The average Bonchev–Trinajstić information content (AvgIpc) is 3.78. The van der Waals surface area contributed by atoms with E-state index in [1.165, 1.54) is 12.0 Å². The number of nitrogens with zero attached hydrogens (tertiary/aromatic N) is 4. The van der Waals surface area contributed by atoms with Gasteiger partial charge in [0, 0.05) is 60.5 Å². The van der Waals surface area contributed by atoms with E-state index >= 15 is 0 Å². The highest BCUT2D eigenvalue weighted by Gasteiger charge is 2.48. The molecule has 2 N–H and O–H groups in total. The van der Waals surface area contributed by atoms with E-state index < -0.39 is 22.8 Å². The minimum absolute atomic E-state index is 0.0634. The van der Waals surface area contributed by atoms with Crippen LogP contribution >= 0.6 is 0 Å². The standard InChI is InChI=1S/C43H43N5O5/c1-30-27-31(23-25-47(30)51)38-36-28-35(44-39(49)42(52-5)24-26-46(29-42)40(50)53-41(2,3)4)21-22-37(36)48(45-38)43(32-15-9-6-10-16-32,33-17-11-7-12-18-33)34-19-13-8-14-20-34/h6-23,25,27-28H,24,26,29H2,1-5H3,(H-,44,45,49,51)/p+1/t42-/m0/s1. The predicted molar refractivity (Wildman–Crippen MR) is 203 cm³/mol. The van der Waals surface area contributed by atoms with E-state index in [0.717, 1.165) is 37.9 Å². The van der Waals surface area contributed by atoms with Gasteiger partial charge in [0.15, 0.2) is 5.60 Å². The molecule has 3 heterocycles. The summed E-state index contributed by atoms with van der Waals surface area (Å²) < 4.78 is 14.6. The van der Waals surface area contributed by atoms with Gasteiger partial charge in [-0.15, -0.1) is 0 Å². The van der Waals surface area contributed by atoms with Crippen molar-refractivity contribution in [2.24, 2.45) is 0 Å². The van der Waals surface area contributed by atoms with Crippen LogP contribution in [0.5, 0.6) is 0 Å². The van der Waals surface area contributed by atoms with Gasteiger partial charge in [0.05, 0.1) is 12.1 Å². The van der Waals surface area contributed by atoms with Gasteiger partial charge in [-0.25, -0.2) is 9.48 Å². The molecule has 0 bridgehead atoms. The number of amides is 2. The van der Waals surface area contributed by atoms with E-state index in [-0.39, 0.29) is 12.5 Å². The van der Waals surface area contributed by atoms with Gasteiger partial charge in [-0.3, -0.25) is 10.0 Å². The topological polar surface area (TPSA) is 110 Å². The molecule has 1 fully saturated rings. The third-order valence-corrected chi connectivity index (χ3v) is 9.91. The Morgan fingerprint density at radius 1 is 0.849 bits per heavy atom. The average molecular weight is 711 g/mol. The molecule has 0 aliphatic carbocycles. The third kappa shape index (κ3) is 6.51. The highest BCUT2D eigenvalue weighted by atomic mass is 16.6. The minimum atomic E-state index is -1.26. The number of anilines is 1. The number of aryl methyl sites for hydroxylation is 1. The largest absolute Gasteiger partial charge is 0.444 e. The lowest BCUT2D eigenvalue weighted by Gasteiger charge is -2.37. The summed E-state index contributed by atoms with van der Waals surface area (Å²) in [5.74, 6) is -0.358. The summed E-state index contributed by atoms with van der Waals surface area (Å²) in [6.07, 6.45) is 1.43. The zero-order chi connectivity index (χ0) is 37.4. The van der Waals surface area contributed by atoms with Crippen LogP contribution in [0, 0.1) is 6.92 Å². The summed E-state index contributed by atoms with van der Waals surface area (Å²) in [5, 5.41) is 19.7. The first kappa shape index (κ1) is 35.4. The molecular weight excluding hydrogens is 667 g/mol. The number of likely N-dealkylation sites (tertiary alicyclic amines) is 1. The van der Waals surface area contributed by atoms with Gasteiger partial charge in [0.1, 0.15) is 16.8 Å². The molecule has 10 heteroatoms. The maximum absolute atomic E-state index is 14.0. The number of carbonyl (C=O) groups excluding carboxylic acids is 2. The number of aromatic nitrogens is 3. The fourth-order valence-corrected chi connectivity index (χ4v) is 7.28. The van der Waals surface area contributed by atoms with Crippen LogP contribution in [-0.2, 0) is 19.8 Å². The highest BCUT2D eigenvalue weighted by Crippen LogP contribution is 2.44. The molecule has 6 aromatic rings. The van der Waals surface area contributed by atoms with Crippen LogP contribution in [0.15, 0.2) is 128 Å². The second-order valence-electron chi connectivity index (χ2n) is 14.5. The fraction of sp³-hybridized carbons (Fsp3) is 0.256. The summed E-state index contributed by atoms with van der Waals surface area (Å²) in [7, 11) is 1.49. The van der Waals surface area contributed by atoms with E-state index in [2.05, 4.69) is 46.4 Å². The number of fused-ring (bicyclic) bond motifs is 1. The van der Waals surface area contributed by atoms with Crippen molar-refractivity contribution < 1.29 is 29.0 Å². The monoisotopic (exact) mass is 710 g/mol. The quantitative estimate of drug-likeness (QED) is 0.0972. The maximum atomic E-state index is 14.0. The Morgan fingerprint density at radius 3 is 1.96 bits per heavy atom. The maximum Gasteiger partial charge on any atom is 0.410 e. The number of carbonyl (C=O) groups is 2. The molecule has 10 nitrogen and oxygen atoms in total. The van der Waals surface area contributed by atoms with Gasteiger partial charge in [-0.1, -0.05) is 91.0 Å². The van der Waals surface area contributed by atoms with Gasteiger partial charge < -0.3 is 19.7 Å². The van der Waals surface area contributed by atoms with Crippen molar-refractivity contribution in [1.82, 2.24) is 14.7 Å². The van der Waals surface area contributed by atoms with Crippen molar-refractivity contribution in [3.8, 4) is 11.3 Å². The zero-order valence-electron chi connectivity index (χ0n) is 30.6. The SMILES string of the molecule is CO[C@@]1(C(=O)Nc2ccc3c(c2)c(-c2cc[n+](O)c(C)c2)nn3C(c2ccccc2)(c2ccccc2)c2ccccc2)CCN(C(=O)OC(C)(C)C)C1. The Bertz CT molecular complexity index is 2170.